The highest BCUT2D eigenvalue weighted by molar-refractivity contribution is 7.92. The minimum Gasteiger partial charge on any atom is -0.322 e. The molecule has 0 saturated carbocycles. The lowest BCUT2D eigenvalue weighted by molar-refractivity contribution is 0.102. The molecule has 1 fully saturated rings. The molecule has 1 aliphatic rings. The molecule has 3 rings (SSSR count). The molecule has 1 amide bonds. The highest BCUT2D eigenvalue weighted by Gasteiger charge is 2.27. The first-order valence-corrected chi connectivity index (χ1v) is 10.5. The van der Waals surface area contributed by atoms with E-state index in [9.17, 15) is 13.2 Å². The number of nitrogens with one attached hydrogen (secondary N) is 1. The molecule has 1 aliphatic heterocycles. The van der Waals surface area contributed by atoms with Crippen molar-refractivity contribution in [1.82, 2.24) is 0 Å². The molecule has 0 radical (unpaired) electrons. The Hall–Kier alpha value is -1.76. The van der Waals surface area contributed by atoms with E-state index >= 15 is 0 Å². The first kappa shape index (κ1) is 19.0. The minimum absolute atomic E-state index is 0.159. The molecule has 1 N–H and O–H groups in total. The number of sulfonamides is 1. The van der Waals surface area contributed by atoms with Crippen molar-refractivity contribution < 1.29 is 13.2 Å². The Bertz CT molecular complexity index is 961. The average molecular weight is 413 g/mol. The van der Waals surface area contributed by atoms with E-state index in [0.29, 0.717) is 39.9 Å². The van der Waals surface area contributed by atoms with Crippen LogP contribution in [0, 0.1) is 6.92 Å². The zero-order valence-electron chi connectivity index (χ0n) is 14.1. The van der Waals surface area contributed by atoms with E-state index < -0.39 is 10.0 Å². The van der Waals surface area contributed by atoms with Crippen LogP contribution in [0.5, 0.6) is 0 Å². The number of anilines is 2. The Morgan fingerprint density at radius 3 is 2.50 bits per heavy atom. The normalized spacial score (nSPS) is 16.3. The van der Waals surface area contributed by atoms with Crippen LogP contribution in [0.4, 0.5) is 11.4 Å². The average Bonchev–Trinajstić information content (AvgIpc) is 2.58. The van der Waals surface area contributed by atoms with E-state index in [4.69, 9.17) is 23.2 Å². The van der Waals surface area contributed by atoms with Crippen LogP contribution in [0.25, 0.3) is 0 Å². The lowest BCUT2D eigenvalue weighted by atomic mass is 10.1. The van der Waals surface area contributed by atoms with Gasteiger partial charge in [0.05, 0.1) is 21.5 Å². The second-order valence-corrected chi connectivity index (χ2v) is 9.01. The third-order valence-corrected chi connectivity index (χ3v) is 6.85. The van der Waals surface area contributed by atoms with Crippen LogP contribution in [-0.4, -0.2) is 26.6 Å². The van der Waals surface area contributed by atoms with Crippen LogP contribution < -0.4 is 9.62 Å². The summed E-state index contributed by atoms with van der Waals surface area (Å²) in [5, 5.41) is 3.52. The maximum absolute atomic E-state index is 12.5. The van der Waals surface area contributed by atoms with Gasteiger partial charge in [-0.15, -0.1) is 0 Å². The molecule has 0 spiro atoms. The first-order chi connectivity index (χ1) is 12.3. The molecule has 0 aromatic heterocycles. The van der Waals surface area contributed by atoms with Crippen molar-refractivity contribution in [1.29, 1.82) is 0 Å². The van der Waals surface area contributed by atoms with E-state index in [1.54, 1.807) is 43.3 Å². The van der Waals surface area contributed by atoms with E-state index in [1.165, 1.54) is 4.31 Å². The van der Waals surface area contributed by atoms with Gasteiger partial charge in [-0.1, -0.05) is 23.2 Å². The van der Waals surface area contributed by atoms with Crippen molar-refractivity contribution in [3.05, 3.63) is 57.6 Å². The van der Waals surface area contributed by atoms with Crippen molar-refractivity contribution in [2.75, 3.05) is 21.9 Å². The van der Waals surface area contributed by atoms with E-state index in [1.807, 2.05) is 0 Å². The summed E-state index contributed by atoms with van der Waals surface area (Å²) in [5.74, 6) is -0.147. The van der Waals surface area contributed by atoms with Gasteiger partial charge in [-0.2, -0.15) is 0 Å². The van der Waals surface area contributed by atoms with Gasteiger partial charge in [-0.3, -0.25) is 9.10 Å². The third kappa shape index (κ3) is 3.98. The zero-order chi connectivity index (χ0) is 18.9. The van der Waals surface area contributed by atoms with Gasteiger partial charge in [0.25, 0.3) is 5.91 Å². The van der Waals surface area contributed by atoms with Gasteiger partial charge in [0.1, 0.15) is 0 Å². The minimum atomic E-state index is -3.28. The standard InChI is InChI=1S/C18H18Cl2N2O3S/c1-12-10-13(18(23)21-14-5-6-15(19)16(20)11-14)4-7-17(12)22-8-2-3-9-26(22,24)25/h4-7,10-11H,2-3,8-9H2,1H3,(H,21,23). The summed E-state index contributed by atoms with van der Waals surface area (Å²) in [7, 11) is -3.28. The maximum Gasteiger partial charge on any atom is 0.255 e. The number of carbonyl (C=O) groups excluding carboxylic acids is 1. The SMILES string of the molecule is Cc1cc(C(=O)Nc2ccc(Cl)c(Cl)c2)ccc1N1CCCCS1(=O)=O. The van der Waals surface area contributed by atoms with Crippen molar-refractivity contribution in [2.45, 2.75) is 19.8 Å². The zero-order valence-corrected chi connectivity index (χ0v) is 16.5. The number of aryl methyl sites for hydroxylation is 1. The van der Waals surface area contributed by atoms with Gasteiger partial charge in [-0.05, 0) is 61.7 Å². The number of rotatable bonds is 3. The van der Waals surface area contributed by atoms with Crippen molar-refractivity contribution in [3.8, 4) is 0 Å². The Kier molecular flexibility index (Phi) is 5.46. The molecule has 0 atom stereocenters. The monoisotopic (exact) mass is 412 g/mol. The van der Waals surface area contributed by atoms with Crippen LogP contribution in [-0.2, 0) is 10.0 Å². The van der Waals surface area contributed by atoms with E-state index in [-0.39, 0.29) is 11.7 Å². The van der Waals surface area contributed by atoms with Gasteiger partial charge in [0.2, 0.25) is 10.0 Å². The second kappa shape index (κ2) is 7.47. The van der Waals surface area contributed by atoms with Gasteiger partial charge in [0, 0.05) is 17.8 Å². The lowest BCUT2D eigenvalue weighted by Gasteiger charge is -2.29. The number of amides is 1. The summed E-state index contributed by atoms with van der Waals surface area (Å²) in [6.07, 6.45) is 1.51. The fourth-order valence-electron chi connectivity index (χ4n) is 2.91. The Balaban J connectivity index is 1.82. The molecule has 8 heteroatoms. The molecular formula is C18H18Cl2N2O3S. The molecule has 2 aromatic carbocycles. The quantitative estimate of drug-likeness (QED) is 0.807. The van der Waals surface area contributed by atoms with E-state index in [0.717, 1.165) is 12.0 Å². The molecule has 1 saturated heterocycles. The smallest absolute Gasteiger partial charge is 0.255 e. The van der Waals surface area contributed by atoms with Gasteiger partial charge in [-0.25, -0.2) is 8.42 Å². The summed E-state index contributed by atoms with van der Waals surface area (Å²) >= 11 is 11.8. The van der Waals surface area contributed by atoms with E-state index in [2.05, 4.69) is 5.32 Å². The number of nitrogens with zero attached hydrogens (tertiary/aromatic N) is 1. The summed E-state index contributed by atoms with van der Waals surface area (Å²) in [6.45, 7) is 2.27. The van der Waals surface area contributed by atoms with Gasteiger partial charge < -0.3 is 5.32 Å². The predicted molar refractivity (Wildman–Crippen MR) is 106 cm³/mol. The fourth-order valence-corrected chi connectivity index (χ4v) is 4.91. The molecule has 1 heterocycles. The largest absolute Gasteiger partial charge is 0.322 e. The third-order valence-electron chi connectivity index (χ3n) is 4.25. The van der Waals surface area contributed by atoms with Crippen molar-refractivity contribution in [3.63, 3.8) is 0 Å². The van der Waals surface area contributed by atoms with Crippen molar-refractivity contribution in [2.24, 2.45) is 0 Å². The Morgan fingerprint density at radius 2 is 1.85 bits per heavy atom. The van der Waals surface area contributed by atoms with Crippen LogP contribution in [0.1, 0.15) is 28.8 Å². The number of hydrogen-bond acceptors (Lipinski definition) is 3. The Morgan fingerprint density at radius 1 is 1.08 bits per heavy atom. The fraction of sp³-hybridized carbons (Fsp3) is 0.278. The van der Waals surface area contributed by atoms with Crippen LogP contribution in [0.15, 0.2) is 36.4 Å². The summed E-state index contributed by atoms with van der Waals surface area (Å²) in [5.41, 5.74) is 2.32. The molecule has 0 unspecified atom stereocenters. The predicted octanol–water partition coefficient (Wildman–Crippen LogP) is 4.48. The summed E-state index contributed by atoms with van der Waals surface area (Å²) < 4.78 is 26.0. The first-order valence-electron chi connectivity index (χ1n) is 8.15. The van der Waals surface area contributed by atoms with Gasteiger partial charge >= 0.3 is 0 Å². The number of halogens is 2. The number of benzene rings is 2. The van der Waals surface area contributed by atoms with Gasteiger partial charge in [0.15, 0.2) is 0 Å². The molecule has 0 aliphatic carbocycles. The van der Waals surface area contributed by atoms with Crippen molar-refractivity contribution >= 4 is 50.5 Å². The summed E-state index contributed by atoms with van der Waals surface area (Å²) in [4.78, 5) is 12.5. The highest BCUT2D eigenvalue weighted by atomic mass is 35.5. The molecular weight excluding hydrogens is 395 g/mol. The number of hydrogen-bond donors (Lipinski definition) is 1. The molecule has 138 valence electrons. The molecule has 0 bridgehead atoms. The summed E-state index contributed by atoms with van der Waals surface area (Å²) in [6, 6.07) is 9.83. The highest BCUT2D eigenvalue weighted by Crippen LogP contribution is 2.28. The van der Waals surface area contributed by atoms with Crippen LogP contribution in [0.2, 0.25) is 10.0 Å². The molecule has 2 aromatic rings. The Labute approximate surface area is 163 Å². The second-order valence-electron chi connectivity index (χ2n) is 6.18. The lowest BCUT2D eigenvalue weighted by Crippen LogP contribution is -2.38. The van der Waals surface area contributed by atoms with Crippen LogP contribution >= 0.6 is 23.2 Å². The molecule has 26 heavy (non-hydrogen) atoms. The topological polar surface area (TPSA) is 66.5 Å². The molecule has 5 nitrogen and oxygen atoms in total. The van der Waals surface area contributed by atoms with Crippen LogP contribution in [0.3, 0.4) is 0 Å². The maximum atomic E-state index is 12.5. The number of carbonyl (C=O) groups is 1.